The molecule has 0 unspecified atom stereocenters. The summed E-state index contributed by atoms with van der Waals surface area (Å²) in [5.41, 5.74) is 0. The van der Waals surface area contributed by atoms with Gasteiger partial charge in [-0.2, -0.15) is 0 Å². The summed E-state index contributed by atoms with van der Waals surface area (Å²) in [5, 5.41) is 9.07. The van der Waals surface area contributed by atoms with Gasteiger partial charge in [0.2, 0.25) is 0 Å². The third-order valence-electron chi connectivity index (χ3n) is 3.10. The number of hydrogen-bond donors (Lipinski definition) is 1. The first-order valence-electron chi connectivity index (χ1n) is 6.36. The van der Waals surface area contributed by atoms with Crippen LogP contribution in [-0.4, -0.2) is 65.7 Å². The van der Waals surface area contributed by atoms with Crippen LogP contribution >= 0.6 is 0 Å². The van der Waals surface area contributed by atoms with Crippen molar-refractivity contribution in [1.29, 1.82) is 0 Å². The predicted octanol–water partition coefficient (Wildman–Crippen LogP) is 0.540. The lowest BCUT2D eigenvalue weighted by molar-refractivity contribution is -0.141. The Hall–Kier alpha value is -1.79. The molecule has 1 fully saturated rings. The number of likely N-dealkylation sites (tertiary alicyclic amines) is 1. The minimum absolute atomic E-state index is 0.147. The summed E-state index contributed by atoms with van der Waals surface area (Å²) in [6, 6.07) is -1.19. The number of amides is 2. The van der Waals surface area contributed by atoms with E-state index < -0.39 is 24.0 Å². The largest absolute Gasteiger partial charge is 0.480 e. The molecule has 0 saturated carbocycles. The highest BCUT2D eigenvalue weighted by Crippen LogP contribution is 2.19. The molecule has 1 aliphatic heterocycles. The van der Waals surface area contributed by atoms with Crippen LogP contribution in [0.2, 0.25) is 0 Å². The zero-order valence-corrected chi connectivity index (χ0v) is 11.3. The summed E-state index contributed by atoms with van der Waals surface area (Å²) in [5.74, 6) is -1.51. The lowest BCUT2D eigenvalue weighted by Gasteiger charge is -2.29. The molecule has 1 atom stereocenters. The van der Waals surface area contributed by atoms with Crippen LogP contribution in [0.3, 0.4) is 0 Å². The molecule has 19 heavy (non-hydrogen) atoms. The summed E-state index contributed by atoms with van der Waals surface area (Å²) < 4.78 is 4.55. The molecule has 0 aromatic rings. The van der Waals surface area contributed by atoms with Gasteiger partial charge in [-0.25, -0.2) is 9.59 Å². The molecule has 0 aliphatic carbocycles. The summed E-state index contributed by atoms with van der Waals surface area (Å²) in [7, 11) is 1.26. The van der Waals surface area contributed by atoms with E-state index in [1.165, 1.54) is 16.9 Å². The molecule has 1 aliphatic rings. The van der Waals surface area contributed by atoms with Crippen molar-refractivity contribution in [3.8, 4) is 0 Å². The van der Waals surface area contributed by atoms with E-state index in [1.807, 2.05) is 6.92 Å². The number of carbonyl (C=O) groups excluding carboxylic acids is 2. The lowest BCUT2D eigenvalue weighted by Crippen LogP contribution is -2.49. The van der Waals surface area contributed by atoms with Gasteiger partial charge < -0.3 is 19.6 Å². The zero-order valence-electron chi connectivity index (χ0n) is 11.3. The topological polar surface area (TPSA) is 87.2 Å². The average molecular weight is 272 g/mol. The number of carboxylic acids is 1. The van der Waals surface area contributed by atoms with E-state index in [1.54, 1.807) is 0 Å². The molecule has 0 radical (unpaired) electrons. The maximum atomic E-state index is 12.3. The molecule has 1 rings (SSSR count). The quantitative estimate of drug-likeness (QED) is 0.738. The molecule has 7 nitrogen and oxygen atoms in total. The van der Waals surface area contributed by atoms with Gasteiger partial charge in [-0.15, -0.1) is 0 Å². The highest BCUT2D eigenvalue weighted by molar-refractivity contribution is 5.85. The van der Waals surface area contributed by atoms with Crippen molar-refractivity contribution in [3.05, 3.63) is 0 Å². The number of methoxy groups -OCH3 is 1. The fraction of sp³-hybridized carbons (Fsp3) is 0.750. The molecular weight excluding hydrogens is 252 g/mol. The predicted molar refractivity (Wildman–Crippen MR) is 66.6 cm³/mol. The first-order valence-corrected chi connectivity index (χ1v) is 6.36. The molecule has 0 bridgehead atoms. The number of aliphatic carboxylic acids is 1. The monoisotopic (exact) mass is 272 g/mol. The summed E-state index contributed by atoms with van der Waals surface area (Å²) in [6.45, 7) is 2.55. The molecule has 7 heteroatoms. The Morgan fingerprint density at radius 1 is 1.42 bits per heavy atom. The van der Waals surface area contributed by atoms with Crippen LogP contribution < -0.4 is 0 Å². The van der Waals surface area contributed by atoms with Crippen LogP contribution in [0.25, 0.3) is 0 Å². The molecular formula is C12H20N2O5. The van der Waals surface area contributed by atoms with E-state index in [4.69, 9.17) is 5.11 Å². The molecule has 108 valence electrons. The van der Waals surface area contributed by atoms with E-state index in [0.29, 0.717) is 32.4 Å². The summed E-state index contributed by atoms with van der Waals surface area (Å²) in [6.07, 6.45) is 1.81. The maximum Gasteiger partial charge on any atom is 0.326 e. The Morgan fingerprint density at radius 3 is 2.63 bits per heavy atom. The van der Waals surface area contributed by atoms with Gasteiger partial charge in [0.15, 0.2) is 0 Å². The third-order valence-corrected chi connectivity index (χ3v) is 3.10. The third kappa shape index (κ3) is 3.84. The first-order chi connectivity index (χ1) is 9.01. The Bertz CT molecular complexity index is 358. The van der Waals surface area contributed by atoms with E-state index in [9.17, 15) is 14.4 Å². The van der Waals surface area contributed by atoms with Crippen LogP contribution in [0.1, 0.15) is 26.2 Å². The number of hydrogen-bond acceptors (Lipinski definition) is 4. The van der Waals surface area contributed by atoms with Crippen LogP contribution in [0.4, 0.5) is 4.79 Å². The smallest absolute Gasteiger partial charge is 0.326 e. The van der Waals surface area contributed by atoms with Crippen molar-refractivity contribution in [1.82, 2.24) is 9.80 Å². The van der Waals surface area contributed by atoms with Gasteiger partial charge in [0, 0.05) is 13.1 Å². The molecule has 0 aromatic carbocycles. The fourth-order valence-corrected chi connectivity index (χ4v) is 2.17. The van der Waals surface area contributed by atoms with Gasteiger partial charge in [-0.3, -0.25) is 4.79 Å². The summed E-state index contributed by atoms with van der Waals surface area (Å²) >= 11 is 0. The molecule has 1 saturated heterocycles. The van der Waals surface area contributed by atoms with E-state index >= 15 is 0 Å². The van der Waals surface area contributed by atoms with E-state index in [0.717, 1.165) is 0 Å². The standard InChI is InChI=1S/C12H20N2O5/c1-3-6-13(8-10(15)19-2)12(18)14-7-4-5-9(14)11(16)17/h9H,3-8H2,1-2H3,(H,16,17)/t9-/m0/s1. The van der Waals surface area contributed by atoms with Gasteiger partial charge in [0.05, 0.1) is 7.11 Å². The number of carbonyl (C=O) groups is 3. The van der Waals surface area contributed by atoms with Crippen LogP contribution in [0, 0.1) is 0 Å². The van der Waals surface area contributed by atoms with Gasteiger partial charge >= 0.3 is 18.0 Å². The maximum absolute atomic E-state index is 12.3. The molecule has 2 amide bonds. The van der Waals surface area contributed by atoms with Gasteiger partial charge in [0.25, 0.3) is 0 Å². The van der Waals surface area contributed by atoms with Crippen LogP contribution in [0.5, 0.6) is 0 Å². The number of carboxylic acid groups (broad SMARTS) is 1. The highest BCUT2D eigenvalue weighted by atomic mass is 16.5. The van der Waals surface area contributed by atoms with Crippen LogP contribution in [-0.2, 0) is 14.3 Å². The van der Waals surface area contributed by atoms with Crippen molar-refractivity contribution in [2.75, 3.05) is 26.7 Å². The minimum Gasteiger partial charge on any atom is -0.480 e. The number of rotatable bonds is 5. The Balaban J connectivity index is 2.75. The van der Waals surface area contributed by atoms with Crippen molar-refractivity contribution >= 4 is 18.0 Å². The number of ether oxygens (including phenoxy) is 1. The Morgan fingerprint density at radius 2 is 2.11 bits per heavy atom. The van der Waals surface area contributed by atoms with Crippen molar-refractivity contribution in [2.24, 2.45) is 0 Å². The van der Waals surface area contributed by atoms with Gasteiger partial charge in [-0.05, 0) is 19.3 Å². The zero-order chi connectivity index (χ0) is 14.4. The molecule has 1 N–H and O–H groups in total. The number of esters is 1. The lowest BCUT2D eigenvalue weighted by atomic mass is 10.2. The van der Waals surface area contributed by atoms with Crippen molar-refractivity contribution < 1.29 is 24.2 Å². The Labute approximate surface area is 112 Å². The second-order valence-electron chi connectivity index (χ2n) is 4.47. The normalized spacial score (nSPS) is 18.2. The molecule has 0 aromatic heterocycles. The number of nitrogens with zero attached hydrogens (tertiary/aromatic N) is 2. The highest BCUT2D eigenvalue weighted by Gasteiger charge is 2.36. The van der Waals surface area contributed by atoms with Crippen molar-refractivity contribution in [2.45, 2.75) is 32.2 Å². The second-order valence-corrected chi connectivity index (χ2v) is 4.47. The van der Waals surface area contributed by atoms with Crippen LogP contribution in [0.15, 0.2) is 0 Å². The minimum atomic E-state index is -1.000. The SMILES string of the molecule is CCCN(CC(=O)OC)C(=O)N1CCC[C@H]1C(=O)O. The molecule has 1 heterocycles. The average Bonchev–Trinajstić information content (AvgIpc) is 2.86. The second kappa shape index (κ2) is 6.96. The van der Waals surface area contributed by atoms with E-state index in [-0.39, 0.29) is 6.54 Å². The first kappa shape index (κ1) is 15.3. The number of urea groups is 1. The Kier molecular flexibility index (Phi) is 5.59. The van der Waals surface area contributed by atoms with Gasteiger partial charge in [-0.1, -0.05) is 6.92 Å². The van der Waals surface area contributed by atoms with Crippen molar-refractivity contribution in [3.63, 3.8) is 0 Å². The van der Waals surface area contributed by atoms with E-state index in [2.05, 4.69) is 4.74 Å². The summed E-state index contributed by atoms with van der Waals surface area (Å²) in [4.78, 5) is 37.3. The molecule has 0 spiro atoms. The fourth-order valence-electron chi connectivity index (χ4n) is 2.17. The van der Waals surface area contributed by atoms with Gasteiger partial charge in [0.1, 0.15) is 12.6 Å².